The van der Waals surface area contributed by atoms with E-state index in [2.05, 4.69) is 10.2 Å². The highest BCUT2D eigenvalue weighted by atomic mass is 32.2. The SMILES string of the molecule is CS/C(N)=N/N=C1CCCC1. The van der Waals surface area contributed by atoms with Crippen LogP contribution in [-0.4, -0.2) is 17.1 Å². The molecule has 0 spiro atoms. The van der Waals surface area contributed by atoms with Crippen molar-refractivity contribution >= 4 is 22.6 Å². The van der Waals surface area contributed by atoms with Gasteiger partial charge in [-0.25, -0.2) is 0 Å². The van der Waals surface area contributed by atoms with Gasteiger partial charge in [0.05, 0.1) is 0 Å². The van der Waals surface area contributed by atoms with Crippen LogP contribution in [0.5, 0.6) is 0 Å². The van der Waals surface area contributed by atoms with Crippen molar-refractivity contribution in [3.63, 3.8) is 0 Å². The van der Waals surface area contributed by atoms with Gasteiger partial charge in [0.1, 0.15) is 0 Å². The van der Waals surface area contributed by atoms with Gasteiger partial charge < -0.3 is 5.73 Å². The summed E-state index contributed by atoms with van der Waals surface area (Å²) in [6.45, 7) is 0. The van der Waals surface area contributed by atoms with Gasteiger partial charge in [0.15, 0.2) is 5.17 Å². The number of amidine groups is 1. The molecule has 0 aromatic carbocycles. The monoisotopic (exact) mass is 171 g/mol. The van der Waals surface area contributed by atoms with Gasteiger partial charge in [-0.1, -0.05) is 11.8 Å². The van der Waals surface area contributed by atoms with Crippen molar-refractivity contribution in [2.45, 2.75) is 25.7 Å². The fourth-order valence-corrected chi connectivity index (χ4v) is 1.17. The Hall–Kier alpha value is -0.510. The maximum Gasteiger partial charge on any atom is 0.180 e. The van der Waals surface area contributed by atoms with Gasteiger partial charge in [-0.3, -0.25) is 0 Å². The van der Waals surface area contributed by atoms with E-state index >= 15 is 0 Å². The molecule has 0 amide bonds. The Morgan fingerprint density at radius 3 is 2.64 bits per heavy atom. The number of nitrogens with zero attached hydrogens (tertiary/aromatic N) is 2. The Morgan fingerprint density at radius 1 is 1.45 bits per heavy atom. The summed E-state index contributed by atoms with van der Waals surface area (Å²) < 4.78 is 0. The van der Waals surface area contributed by atoms with E-state index in [-0.39, 0.29) is 0 Å². The summed E-state index contributed by atoms with van der Waals surface area (Å²) >= 11 is 1.43. The molecule has 3 nitrogen and oxygen atoms in total. The van der Waals surface area contributed by atoms with Crippen molar-refractivity contribution in [1.29, 1.82) is 0 Å². The van der Waals surface area contributed by atoms with Crippen LogP contribution < -0.4 is 5.73 Å². The molecule has 0 aliphatic heterocycles. The van der Waals surface area contributed by atoms with Gasteiger partial charge in [0, 0.05) is 5.71 Å². The highest BCUT2D eigenvalue weighted by molar-refractivity contribution is 8.13. The van der Waals surface area contributed by atoms with E-state index in [0.29, 0.717) is 5.17 Å². The van der Waals surface area contributed by atoms with Crippen LogP contribution in [0.15, 0.2) is 10.2 Å². The zero-order chi connectivity index (χ0) is 8.10. The summed E-state index contributed by atoms with van der Waals surface area (Å²) in [6, 6.07) is 0. The first-order valence-electron chi connectivity index (χ1n) is 3.76. The maximum atomic E-state index is 5.46. The van der Waals surface area contributed by atoms with Crippen LogP contribution in [-0.2, 0) is 0 Å². The predicted molar refractivity (Wildman–Crippen MR) is 51.0 cm³/mol. The second kappa shape index (κ2) is 4.38. The van der Waals surface area contributed by atoms with Crippen molar-refractivity contribution in [3.8, 4) is 0 Å². The Morgan fingerprint density at radius 2 is 2.09 bits per heavy atom. The molecule has 4 heteroatoms. The van der Waals surface area contributed by atoms with Crippen LogP contribution in [0.1, 0.15) is 25.7 Å². The first-order chi connectivity index (χ1) is 5.33. The molecule has 62 valence electrons. The van der Waals surface area contributed by atoms with Crippen molar-refractivity contribution in [1.82, 2.24) is 0 Å². The quantitative estimate of drug-likeness (QED) is 0.370. The molecule has 0 unspecified atom stereocenters. The Kier molecular flexibility index (Phi) is 3.42. The van der Waals surface area contributed by atoms with E-state index in [1.165, 1.54) is 30.3 Å². The molecule has 0 aromatic heterocycles. The third kappa shape index (κ3) is 2.93. The van der Waals surface area contributed by atoms with Gasteiger partial charge in [0.2, 0.25) is 0 Å². The first-order valence-corrected chi connectivity index (χ1v) is 4.98. The third-order valence-corrected chi connectivity index (χ3v) is 2.18. The van der Waals surface area contributed by atoms with Crippen molar-refractivity contribution in [3.05, 3.63) is 0 Å². The van der Waals surface area contributed by atoms with Crippen molar-refractivity contribution in [2.75, 3.05) is 6.26 Å². The normalized spacial score (nSPS) is 19.0. The standard InChI is InChI=1S/C7H13N3S/c1-11-7(8)10-9-6-4-2-3-5-6/h2-5H2,1H3,(H2,8,10). The summed E-state index contributed by atoms with van der Waals surface area (Å²) in [5.41, 5.74) is 6.65. The van der Waals surface area contributed by atoms with Crippen LogP contribution in [0.4, 0.5) is 0 Å². The van der Waals surface area contributed by atoms with Gasteiger partial charge >= 0.3 is 0 Å². The lowest BCUT2D eigenvalue weighted by atomic mass is 10.3. The van der Waals surface area contributed by atoms with E-state index in [1.54, 1.807) is 0 Å². The number of hydrogen-bond donors (Lipinski definition) is 1. The van der Waals surface area contributed by atoms with E-state index in [0.717, 1.165) is 12.8 Å². The molecule has 0 heterocycles. The molecule has 0 bridgehead atoms. The van der Waals surface area contributed by atoms with Crippen LogP contribution in [0.25, 0.3) is 0 Å². The number of thioether (sulfide) groups is 1. The van der Waals surface area contributed by atoms with Gasteiger partial charge in [-0.15, -0.1) is 5.10 Å². The molecule has 1 fully saturated rings. The average molecular weight is 171 g/mol. The average Bonchev–Trinajstić information content (AvgIpc) is 2.52. The first kappa shape index (κ1) is 8.59. The van der Waals surface area contributed by atoms with Crippen LogP contribution in [0.3, 0.4) is 0 Å². The van der Waals surface area contributed by atoms with Crippen LogP contribution in [0, 0.1) is 0 Å². The number of nitrogens with two attached hydrogens (primary N) is 1. The minimum Gasteiger partial charge on any atom is -0.377 e. The summed E-state index contributed by atoms with van der Waals surface area (Å²) in [5, 5.41) is 8.47. The largest absolute Gasteiger partial charge is 0.377 e. The smallest absolute Gasteiger partial charge is 0.180 e. The Balaban J connectivity index is 2.44. The lowest BCUT2D eigenvalue weighted by Crippen LogP contribution is -2.04. The third-order valence-electron chi connectivity index (χ3n) is 1.68. The molecule has 2 N–H and O–H groups in total. The van der Waals surface area contributed by atoms with Gasteiger partial charge in [0.25, 0.3) is 0 Å². The van der Waals surface area contributed by atoms with Crippen LogP contribution in [0.2, 0.25) is 0 Å². The summed E-state index contributed by atoms with van der Waals surface area (Å²) in [7, 11) is 0. The van der Waals surface area contributed by atoms with Gasteiger partial charge in [-0.2, -0.15) is 5.10 Å². The highest BCUT2D eigenvalue weighted by Crippen LogP contribution is 2.14. The Labute approximate surface area is 71.1 Å². The van der Waals surface area contributed by atoms with Gasteiger partial charge in [-0.05, 0) is 31.9 Å². The molecule has 1 aliphatic rings. The fourth-order valence-electron chi connectivity index (χ4n) is 1.04. The van der Waals surface area contributed by atoms with Crippen molar-refractivity contribution < 1.29 is 0 Å². The molecule has 1 rings (SSSR count). The fraction of sp³-hybridized carbons (Fsp3) is 0.714. The molecular formula is C7H13N3S. The van der Waals surface area contributed by atoms with Crippen molar-refractivity contribution in [2.24, 2.45) is 15.9 Å². The van der Waals surface area contributed by atoms with E-state index in [4.69, 9.17) is 5.73 Å². The van der Waals surface area contributed by atoms with Crippen LogP contribution >= 0.6 is 11.8 Å². The van der Waals surface area contributed by atoms with E-state index in [9.17, 15) is 0 Å². The van der Waals surface area contributed by atoms with E-state index < -0.39 is 0 Å². The molecule has 0 atom stereocenters. The zero-order valence-electron chi connectivity index (χ0n) is 6.71. The topological polar surface area (TPSA) is 50.7 Å². The summed E-state index contributed by atoms with van der Waals surface area (Å²) in [4.78, 5) is 0. The summed E-state index contributed by atoms with van der Waals surface area (Å²) in [5.74, 6) is 0. The second-order valence-electron chi connectivity index (χ2n) is 2.52. The summed E-state index contributed by atoms with van der Waals surface area (Å²) in [6.07, 6.45) is 6.62. The molecular weight excluding hydrogens is 158 g/mol. The second-order valence-corrected chi connectivity index (χ2v) is 3.34. The highest BCUT2D eigenvalue weighted by Gasteiger charge is 2.07. The minimum absolute atomic E-state index is 0.546. The Bertz CT molecular complexity index is 178. The molecule has 1 aliphatic carbocycles. The van der Waals surface area contributed by atoms with E-state index in [1.807, 2.05) is 6.26 Å². The number of hydrogen-bond acceptors (Lipinski definition) is 3. The molecule has 0 saturated heterocycles. The molecule has 11 heavy (non-hydrogen) atoms. The lowest BCUT2D eigenvalue weighted by Gasteiger charge is -1.91. The molecule has 0 radical (unpaired) electrons. The lowest BCUT2D eigenvalue weighted by molar-refractivity contribution is 0.886. The number of rotatable bonds is 1. The molecule has 1 saturated carbocycles. The minimum atomic E-state index is 0.546. The predicted octanol–water partition coefficient (Wildman–Crippen LogP) is 1.59. The maximum absolute atomic E-state index is 5.46. The molecule has 0 aromatic rings. The zero-order valence-corrected chi connectivity index (χ0v) is 7.52.